The topological polar surface area (TPSA) is 197 Å². The zero-order chi connectivity index (χ0) is 44.6. The van der Waals surface area contributed by atoms with Gasteiger partial charge < -0.3 is 40.0 Å². The summed E-state index contributed by atoms with van der Waals surface area (Å²) in [6.45, 7) is 13.3. The Morgan fingerprint density at radius 2 is 1.97 bits per heavy atom. The van der Waals surface area contributed by atoms with E-state index in [0.717, 1.165) is 44.7 Å². The van der Waals surface area contributed by atoms with Crippen molar-refractivity contribution in [2.75, 3.05) is 40.4 Å². The minimum absolute atomic E-state index is 0.0605. The van der Waals surface area contributed by atoms with E-state index in [1.807, 2.05) is 32.2 Å². The summed E-state index contributed by atoms with van der Waals surface area (Å²) in [5, 5.41) is 18.3. The van der Waals surface area contributed by atoms with Gasteiger partial charge in [-0.1, -0.05) is 33.8 Å². The third kappa shape index (κ3) is 9.09. The van der Waals surface area contributed by atoms with Crippen LogP contribution in [0.2, 0.25) is 0 Å². The van der Waals surface area contributed by atoms with Crippen molar-refractivity contribution in [1.29, 1.82) is 0 Å². The van der Waals surface area contributed by atoms with Crippen LogP contribution in [-0.4, -0.2) is 129 Å². The fourth-order valence-electron chi connectivity index (χ4n) is 9.06. The molecule has 4 amide bonds. The molecule has 2 saturated heterocycles. The number of pyridine rings is 1. The number of amides is 4. The van der Waals surface area contributed by atoms with Gasteiger partial charge in [-0.2, -0.15) is 0 Å². The maximum Gasteiger partial charge on any atom is 0.324 e. The number of hydrogen-bond acceptors (Lipinski definition) is 12. The van der Waals surface area contributed by atoms with Gasteiger partial charge >= 0.3 is 12.0 Å². The fraction of sp³-hybridized carbons (Fsp3) is 0.556. The summed E-state index contributed by atoms with van der Waals surface area (Å²) in [4.78, 5) is 68.9. The van der Waals surface area contributed by atoms with Crippen LogP contribution in [0.15, 0.2) is 41.9 Å². The molecule has 6 bridgehead atoms. The van der Waals surface area contributed by atoms with E-state index in [1.54, 1.807) is 20.4 Å². The molecule has 6 atom stereocenters. The summed E-state index contributed by atoms with van der Waals surface area (Å²) in [5.74, 6) is -1.75. The van der Waals surface area contributed by atoms with Crippen LogP contribution in [0.3, 0.4) is 0 Å². The normalized spacial score (nSPS) is 23.0. The van der Waals surface area contributed by atoms with Gasteiger partial charge in [0.1, 0.15) is 18.1 Å². The number of likely N-dealkylation sites (N-methyl/N-ethyl adjacent to an activating group) is 1. The summed E-state index contributed by atoms with van der Waals surface area (Å²) in [6.07, 6.45) is 2.31. The molecule has 6 heterocycles. The van der Waals surface area contributed by atoms with Crippen molar-refractivity contribution in [3.05, 3.63) is 58.2 Å². The Labute approximate surface area is 367 Å². The monoisotopic (exact) mass is 871 g/mol. The summed E-state index contributed by atoms with van der Waals surface area (Å²) in [6, 6.07) is 6.52. The number of cyclic esters (lactones) is 1. The molecular weight excluding hydrogens is 811 g/mol. The van der Waals surface area contributed by atoms with Crippen LogP contribution in [0.1, 0.15) is 76.8 Å². The lowest BCUT2D eigenvalue weighted by Gasteiger charge is -2.37. The first-order valence-corrected chi connectivity index (χ1v) is 22.5. The molecule has 0 unspecified atom stereocenters. The number of aliphatic hydroxyl groups is 1. The molecule has 16 nitrogen and oxygen atoms in total. The number of ether oxygens (including phenoxy) is 2. The number of β-amino-alcohol motifs (C(OH)–C–C–N with tert-alkyl or cyclic N) is 1. The number of aliphatic hydroxyl groups excluding tert-OH is 1. The lowest BCUT2D eigenvalue weighted by molar-refractivity contribution is -0.155. The quantitative estimate of drug-likeness (QED) is 0.185. The van der Waals surface area contributed by atoms with E-state index in [2.05, 4.69) is 60.3 Å². The summed E-state index contributed by atoms with van der Waals surface area (Å²) in [7, 11) is 3.22. The summed E-state index contributed by atoms with van der Waals surface area (Å²) in [5.41, 5.74) is 15.2. The number of fused-ring (bicyclic) bond motifs is 6. The highest BCUT2D eigenvalue weighted by molar-refractivity contribution is 7.10. The number of carbonyl (C=O) groups is 4. The van der Waals surface area contributed by atoms with Gasteiger partial charge in [0.25, 0.3) is 5.91 Å². The second-order valence-electron chi connectivity index (χ2n) is 18.0. The average Bonchev–Trinajstić information content (AvgIpc) is 3.95. The van der Waals surface area contributed by atoms with Crippen LogP contribution in [0.5, 0.6) is 0 Å². The van der Waals surface area contributed by atoms with Crippen LogP contribution in [0, 0.1) is 11.3 Å². The maximum atomic E-state index is 14.5. The highest BCUT2D eigenvalue weighted by Crippen LogP contribution is 2.42. The van der Waals surface area contributed by atoms with Crippen molar-refractivity contribution >= 4 is 46.1 Å². The predicted molar refractivity (Wildman–Crippen MR) is 237 cm³/mol. The lowest BCUT2D eigenvalue weighted by atomic mass is 9.84. The van der Waals surface area contributed by atoms with Crippen LogP contribution < -0.4 is 16.5 Å². The number of aromatic nitrogens is 3. The third-order valence-corrected chi connectivity index (χ3v) is 13.2. The van der Waals surface area contributed by atoms with Crippen molar-refractivity contribution in [2.24, 2.45) is 17.1 Å². The molecule has 3 aliphatic rings. The number of hydrazine groups is 1. The predicted octanol–water partition coefficient (Wildman–Crippen LogP) is 4.28. The van der Waals surface area contributed by atoms with Gasteiger partial charge in [0.05, 0.1) is 40.9 Å². The molecule has 1 aromatic carbocycles. The number of thiazole rings is 1. The van der Waals surface area contributed by atoms with Crippen LogP contribution in [-0.2, 0) is 43.2 Å². The van der Waals surface area contributed by atoms with Crippen molar-refractivity contribution in [2.45, 2.75) is 110 Å². The zero-order valence-corrected chi connectivity index (χ0v) is 37.8. The van der Waals surface area contributed by atoms with E-state index in [-0.39, 0.29) is 38.1 Å². The summed E-state index contributed by atoms with van der Waals surface area (Å²) < 4.78 is 14.2. The van der Waals surface area contributed by atoms with Gasteiger partial charge in [-0.15, -0.1) is 11.3 Å². The number of aryl methyl sites for hydroxylation is 1. The Kier molecular flexibility index (Phi) is 13.4. The van der Waals surface area contributed by atoms with Crippen LogP contribution >= 0.6 is 11.3 Å². The van der Waals surface area contributed by atoms with Crippen molar-refractivity contribution < 1.29 is 33.8 Å². The second kappa shape index (κ2) is 18.4. The molecular formula is C45H61N9O7S. The summed E-state index contributed by atoms with van der Waals surface area (Å²) >= 11 is 1.40. The average molecular weight is 872 g/mol. The van der Waals surface area contributed by atoms with Gasteiger partial charge in [-0.25, -0.2) is 15.2 Å². The number of likely N-dealkylation sites (tertiary alicyclic amines) is 1. The zero-order valence-electron chi connectivity index (χ0n) is 37.0. The number of nitrogens with zero attached hydrogens (tertiary/aromatic N) is 6. The van der Waals surface area contributed by atoms with E-state index < -0.39 is 59.5 Å². The smallest absolute Gasteiger partial charge is 0.324 e. The van der Waals surface area contributed by atoms with E-state index in [9.17, 15) is 24.3 Å². The maximum absolute atomic E-state index is 14.5. The molecule has 0 aliphatic carbocycles. The first-order valence-electron chi connectivity index (χ1n) is 21.6. The second-order valence-corrected chi connectivity index (χ2v) is 18.9. The lowest BCUT2D eigenvalue weighted by Crippen LogP contribution is -2.62. The van der Waals surface area contributed by atoms with Gasteiger partial charge in [0.15, 0.2) is 0 Å². The highest BCUT2D eigenvalue weighted by Gasteiger charge is 2.40. The van der Waals surface area contributed by atoms with E-state index in [4.69, 9.17) is 25.2 Å². The molecule has 3 aromatic heterocycles. The van der Waals surface area contributed by atoms with Gasteiger partial charge in [-0.3, -0.25) is 24.4 Å². The van der Waals surface area contributed by atoms with Crippen molar-refractivity contribution in [3.63, 3.8) is 0 Å². The molecule has 0 saturated carbocycles. The molecule has 62 heavy (non-hydrogen) atoms. The number of hydrogen-bond donors (Lipinski definition) is 4. The van der Waals surface area contributed by atoms with E-state index in [1.165, 1.54) is 26.1 Å². The number of urea groups is 1. The number of nitrogens with two attached hydrogens (primary N) is 1. The molecule has 7 rings (SSSR count). The molecule has 17 heteroatoms. The van der Waals surface area contributed by atoms with Gasteiger partial charge in [0.2, 0.25) is 5.91 Å². The van der Waals surface area contributed by atoms with Crippen LogP contribution in [0.25, 0.3) is 33.4 Å². The Balaban J connectivity index is 1.29. The van der Waals surface area contributed by atoms with Crippen molar-refractivity contribution in [3.8, 4) is 22.5 Å². The highest BCUT2D eigenvalue weighted by atomic mass is 32.1. The number of rotatable bonds is 8. The Bertz CT molecular complexity index is 2300. The number of nitrogens with one attached hydrogen (secondary N) is 2. The SMILES string of the molecule is CCn1c(-c2cccnc2[C@H](C)OC)c2c3cc(ccc31)-c1csc(n1)C[C@H](NC(=O)[C@H](C(C)C)N(C)C(=O)N1C[C@H](N)[C@@H](O)C1)C(=O)N1CCC[C@H](N1)C(=O)OCC(C)(C)C2. The largest absolute Gasteiger partial charge is 0.464 e. The molecule has 0 spiro atoms. The van der Waals surface area contributed by atoms with E-state index >= 15 is 0 Å². The Hall–Kier alpha value is -4.94. The Morgan fingerprint density at radius 1 is 1.19 bits per heavy atom. The molecule has 2 fully saturated rings. The Morgan fingerprint density at radius 3 is 2.66 bits per heavy atom. The standard InChI is InChI=1S/C45H61N9O7S/c1-9-53-35-15-14-27-18-29(35)30(40(53)28-12-10-16-47-38(28)26(4)60-8)20-45(5,6)24-61-43(58)32-13-11-17-54(50-32)42(57)33(19-37-48-34(27)23-62-37)49-41(56)39(25(2)3)51(7)44(59)52-21-31(46)36(55)22-52/h10,12,14-16,18,23,25-26,31-33,36,39,50,55H,9,11,13,17,19-22,24,46H2,1-8H3,(H,49,56)/t26-,31-,32-,33-,36-,39-/m0/s1. The molecule has 0 radical (unpaired) electrons. The molecule has 334 valence electrons. The number of carbonyl (C=O) groups excluding carboxylic acids is 4. The molecule has 3 aliphatic heterocycles. The van der Waals surface area contributed by atoms with Gasteiger partial charge in [0, 0.05) is 91.8 Å². The van der Waals surface area contributed by atoms with Crippen LogP contribution in [0.4, 0.5) is 4.79 Å². The van der Waals surface area contributed by atoms with Gasteiger partial charge in [-0.05, 0) is 68.9 Å². The first-order chi connectivity index (χ1) is 29.5. The molecule has 4 aromatic rings. The number of benzene rings is 1. The number of methoxy groups -OCH3 is 1. The number of esters is 1. The van der Waals surface area contributed by atoms with E-state index in [0.29, 0.717) is 37.4 Å². The third-order valence-electron chi connectivity index (χ3n) is 12.4. The fourth-order valence-corrected chi connectivity index (χ4v) is 9.91. The van der Waals surface area contributed by atoms with Crippen molar-refractivity contribution in [1.82, 2.24) is 40.1 Å². The minimum Gasteiger partial charge on any atom is -0.464 e. The minimum atomic E-state index is -1.09. The molecule has 5 N–H and O–H groups in total. The first kappa shape index (κ1) is 45.1.